The van der Waals surface area contributed by atoms with Gasteiger partial charge in [-0.2, -0.15) is 0 Å². The number of aliphatic hydroxyl groups is 2. The fourth-order valence-corrected chi connectivity index (χ4v) is 4.22. The molecule has 0 bridgehead atoms. The summed E-state index contributed by atoms with van der Waals surface area (Å²) in [6.07, 6.45) is 53.3. The predicted molar refractivity (Wildman–Crippen MR) is 193 cm³/mol. The van der Waals surface area contributed by atoms with Crippen molar-refractivity contribution in [1.82, 2.24) is 5.32 Å². The Hall–Kier alpha value is -2.95. The van der Waals surface area contributed by atoms with Crippen LogP contribution in [-0.4, -0.2) is 34.9 Å². The quantitative estimate of drug-likeness (QED) is 0.0614. The Labute approximate surface area is 270 Å². The standard InChI is InChI=1S/C40H63NO3/c1-3-5-7-9-11-13-14-15-16-17-18-19-20-21-22-23-24-25-26-28-30-32-34-36-40(44)41-38(37-42)39(43)35-33-31-29-27-12-10-8-6-4-2/h4-7,11-13,15-16,18-19,21-22,24-25,27,33,35,38-39,42-43H,3,8-10,14,17,20,23,26,28-32,34,36-37H2,1-2H3,(H,41,44)/b6-4+,7-5-,13-11-,16-15-,19-18-,22-21-,25-24-,27-12+,35-33+. The molecule has 0 saturated carbocycles. The van der Waals surface area contributed by atoms with Gasteiger partial charge in [0, 0.05) is 6.42 Å². The minimum atomic E-state index is -0.885. The van der Waals surface area contributed by atoms with Crippen LogP contribution in [-0.2, 0) is 4.79 Å². The number of allylic oxidation sites excluding steroid dienone is 17. The van der Waals surface area contributed by atoms with E-state index in [0.29, 0.717) is 6.42 Å². The number of hydrogen-bond donors (Lipinski definition) is 3. The molecule has 0 spiro atoms. The summed E-state index contributed by atoms with van der Waals surface area (Å²) in [5.41, 5.74) is 0. The SMILES string of the molecule is C/C=C/CC/C=C/CC/C=C/C(O)C(CO)NC(=O)CCCCCC/C=C\C/C=C\C/C=C\C/C=C\C/C=C\C/C=C\CC. The topological polar surface area (TPSA) is 69.6 Å². The zero-order valence-corrected chi connectivity index (χ0v) is 27.9. The molecule has 0 fully saturated rings. The lowest BCUT2D eigenvalue weighted by Gasteiger charge is -2.19. The number of unbranched alkanes of at least 4 members (excludes halogenated alkanes) is 6. The monoisotopic (exact) mass is 605 g/mol. The van der Waals surface area contributed by atoms with Gasteiger partial charge in [-0.05, 0) is 90.4 Å². The minimum Gasteiger partial charge on any atom is -0.394 e. The molecule has 0 aromatic carbocycles. The van der Waals surface area contributed by atoms with E-state index in [0.717, 1.165) is 96.3 Å². The third kappa shape index (κ3) is 30.5. The summed E-state index contributed by atoms with van der Waals surface area (Å²) in [6, 6.07) is -0.664. The predicted octanol–water partition coefficient (Wildman–Crippen LogP) is 10.1. The fourth-order valence-electron chi connectivity index (χ4n) is 4.22. The van der Waals surface area contributed by atoms with Crippen LogP contribution in [0, 0.1) is 0 Å². The van der Waals surface area contributed by atoms with Gasteiger partial charge in [0.2, 0.25) is 5.91 Å². The highest BCUT2D eigenvalue weighted by molar-refractivity contribution is 5.76. The second-order valence-electron chi connectivity index (χ2n) is 10.8. The Morgan fingerprint density at radius 3 is 1.57 bits per heavy atom. The molecule has 0 radical (unpaired) electrons. The largest absolute Gasteiger partial charge is 0.394 e. The lowest BCUT2D eigenvalue weighted by molar-refractivity contribution is -0.123. The number of amides is 1. The summed E-state index contributed by atoms with van der Waals surface area (Å²) >= 11 is 0. The lowest BCUT2D eigenvalue weighted by atomic mass is 10.1. The molecule has 2 atom stereocenters. The third-order valence-corrected chi connectivity index (χ3v) is 6.81. The van der Waals surface area contributed by atoms with Crippen LogP contribution in [0.5, 0.6) is 0 Å². The van der Waals surface area contributed by atoms with E-state index in [2.05, 4.69) is 109 Å². The molecule has 0 aliphatic carbocycles. The molecule has 0 heterocycles. The first kappa shape index (κ1) is 41.0. The number of carbonyl (C=O) groups excluding carboxylic acids is 1. The van der Waals surface area contributed by atoms with Gasteiger partial charge in [0.1, 0.15) is 0 Å². The van der Waals surface area contributed by atoms with Crippen molar-refractivity contribution in [2.75, 3.05) is 6.61 Å². The maximum absolute atomic E-state index is 12.3. The van der Waals surface area contributed by atoms with Crippen LogP contribution in [0.4, 0.5) is 0 Å². The van der Waals surface area contributed by atoms with E-state index < -0.39 is 12.1 Å². The van der Waals surface area contributed by atoms with Crippen molar-refractivity contribution in [3.05, 3.63) is 109 Å². The summed E-state index contributed by atoms with van der Waals surface area (Å²) < 4.78 is 0. The summed E-state index contributed by atoms with van der Waals surface area (Å²) in [4.78, 5) is 12.3. The van der Waals surface area contributed by atoms with Gasteiger partial charge in [-0.15, -0.1) is 0 Å². The molecule has 3 N–H and O–H groups in total. The van der Waals surface area contributed by atoms with Crippen molar-refractivity contribution >= 4 is 5.91 Å². The molecule has 246 valence electrons. The molecule has 0 aliphatic heterocycles. The van der Waals surface area contributed by atoms with Crippen molar-refractivity contribution in [3.63, 3.8) is 0 Å². The van der Waals surface area contributed by atoms with Crippen LogP contribution >= 0.6 is 0 Å². The van der Waals surface area contributed by atoms with Crippen LogP contribution in [0.25, 0.3) is 0 Å². The van der Waals surface area contributed by atoms with Crippen LogP contribution < -0.4 is 5.32 Å². The first-order valence-electron chi connectivity index (χ1n) is 17.1. The number of aliphatic hydroxyl groups excluding tert-OH is 2. The van der Waals surface area contributed by atoms with Crippen LogP contribution in [0.15, 0.2) is 109 Å². The molecular formula is C40H63NO3. The van der Waals surface area contributed by atoms with Crippen molar-refractivity contribution in [1.29, 1.82) is 0 Å². The smallest absolute Gasteiger partial charge is 0.220 e. The zero-order valence-electron chi connectivity index (χ0n) is 27.9. The lowest BCUT2D eigenvalue weighted by Crippen LogP contribution is -2.45. The molecule has 4 heteroatoms. The Balaban J connectivity index is 3.78. The summed E-state index contributed by atoms with van der Waals surface area (Å²) in [6.45, 7) is 3.90. The van der Waals surface area contributed by atoms with E-state index in [1.54, 1.807) is 6.08 Å². The second-order valence-corrected chi connectivity index (χ2v) is 10.8. The van der Waals surface area contributed by atoms with Gasteiger partial charge in [0.25, 0.3) is 0 Å². The van der Waals surface area contributed by atoms with Gasteiger partial charge in [-0.25, -0.2) is 0 Å². The van der Waals surface area contributed by atoms with E-state index in [-0.39, 0.29) is 12.5 Å². The minimum absolute atomic E-state index is 0.113. The highest BCUT2D eigenvalue weighted by atomic mass is 16.3. The van der Waals surface area contributed by atoms with Crippen molar-refractivity contribution < 1.29 is 15.0 Å². The highest BCUT2D eigenvalue weighted by Crippen LogP contribution is 2.08. The Morgan fingerprint density at radius 1 is 0.591 bits per heavy atom. The van der Waals surface area contributed by atoms with Crippen molar-refractivity contribution in [2.45, 2.75) is 129 Å². The number of carbonyl (C=O) groups is 1. The first-order valence-corrected chi connectivity index (χ1v) is 17.1. The van der Waals surface area contributed by atoms with E-state index in [4.69, 9.17) is 0 Å². The van der Waals surface area contributed by atoms with Crippen molar-refractivity contribution in [3.8, 4) is 0 Å². The molecule has 4 nitrogen and oxygen atoms in total. The Morgan fingerprint density at radius 2 is 1.05 bits per heavy atom. The Bertz CT molecular complexity index is 917. The van der Waals surface area contributed by atoms with Gasteiger partial charge >= 0.3 is 0 Å². The fraction of sp³-hybridized carbons (Fsp3) is 0.525. The zero-order chi connectivity index (χ0) is 32.2. The molecule has 0 saturated heterocycles. The van der Waals surface area contributed by atoms with E-state index >= 15 is 0 Å². The van der Waals surface area contributed by atoms with E-state index in [9.17, 15) is 15.0 Å². The maximum atomic E-state index is 12.3. The Kier molecular flexibility index (Phi) is 32.2. The molecule has 0 aliphatic rings. The maximum Gasteiger partial charge on any atom is 0.220 e. The van der Waals surface area contributed by atoms with Crippen LogP contribution in [0.1, 0.15) is 117 Å². The van der Waals surface area contributed by atoms with Gasteiger partial charge < -0.3 is 15.5 Å². The van der Waals surface area contributed by atoms with Gasteiger partial charge in [0.15, 0.2) is 0 Å². The van der Waals surface area contributed by atoms with E-state index in [1.165, 1.54) is 0 Å². The molecule has 0 rings (SSSR count). The highest BCUT2D eigenvalue weighted by Gasteiger charge is 2.17. The van der Waals surface area contributed by atoms with Crippen LogP contribution in [0.2, 0.25) is 0 Å². The van der Waals surface area contributed by atoms with Gasteiger partial charge in [-0.3, -0.25) is 4.79 Å². The van der Waals surface area contributed by atoms with Crippen molar-refractivity contribution in [2.24, 2.45) is 0 Å². The first-order chi connectivity index (χ1) is 21.7. The molecule has 44 heavy (non-hydrogen) atoms. The summed E-state index contributed by atoms with van der Waals surface area (Å²) in [5, 5.41) is 22.7. The summed E-state index contributed by atoms with van der Waals surface area (Å²) in [7, 11) is 0. The average molecular weight is 606 g/mol. The molecule has 0 aromatic heterocycles. The van der Waals surface area contributed by atoms with E-state index in [1.807, 2.05) is 13.0 Å². The third-order valence-electron chi connectivity index (χ3n) is 6.81. The molecule has 0 aromatic rings. The second kappa shape index (κ2) is 34.5. The molecule has 1 amide bonds. The average Bonchev–Trinajstić information content (AvgIpc) is 3.03. The van der Waals surface area contributed by atoms with Gasteiger partial charge in [-0.1, -0.05) is 129 Å². The van der Waals surface area contributed by atoms with Gasteiger partial charge in [0.05, 0.1) is 18.8 Å². The number of hydrogen-bond acceptors (Lipinski definition) is 3. The van der Waals surface area contributed by atoms with Crippen LogP contribution in [0.3, 0.4) is 0 Å². The molecule has 2 unspecified atom stereocenters. The summed E-state index contributed by atoms with van der Waals surface area (Å²) in [5.74, 6) is -0.113. The number of nitrogens with one attached hydrogen (secondary N) is 1. The normalized spacial score (nSPS) is 14.5. The molecular weight excluding hydrogens is 542 g/mol. The number of rotatable bonds is 28.